The van der Waals surface area contributed by atoms with Crippen LogP contribution in [0.3, 0.4) is 0 Å². The van der Waals surface area contributed by atoms with Gasteiger partial charge >= 0.3 is 0 Å². The molecule has 2 heterocycles. The van der Waals surface area contributed by atoms with Crippen molar-refractivity contribution in [1.82, 2.24) is 20.3 Å². The van der Waals surface area contributed by atoms with Crippen molar-refractivity contribution in [3.8, 4) is 11.4 Å². The average Bonchev–Trinajstić information content (AvgIpc) is 2.74. The molecule has 0 spiro atoms. The molecular weight excluding hydrogens is 421 g/mol. The van der Waals surface area contributed by atoms with Crippen molar-refractivity contribution in [2.75, 3.05) is 11.9 Å². The van der Waals surface area contributed by atoms with Crippen molar-refractivity contribution >= 4 is 29.0 Å². The van der Waals surface area contributed by atoms with E-state index in [4.69, 9.17) is 11.6 Å². The molecule has 3 N–H and O–H groups in total. The lowest BCUT2D eigenvalue weighted by Gasteiger charge is -2.17. The molecule has 0 aliphatic rings. The van der Waals surface area contributed by atoms with Gasteiger partial charge in [0.1, 0.15) is 11.6 Å². The van der Waals surface area contributed by atoms with Gasteiger partial charge in [-0.1, -0.05) is 25.4 Å². The van der Waals surface area contributed by atoms with Crippen LogP contribution in [0.2, 0.25) is 5.02 Å². The zero-order chi connectivity index (χ0) is 22.5. The minimum Gasteiger partial charge on any atom is -0.392 e. The average molecular weight is 444 g/mol. The summed E-state index contributed by atoms with van der Waals surface area (Å²) in [6.45, 7) is 5.64. The third-order valence-electron chi connectivity index (χ3n) is 4.49. The van der Waals surface area contributed by atoms with E-state index < -0.39 is 17.8 Å². The van der Waals surface area contributed by atoms with Crippen LogP contribution in [-0.4, -0.2) is 38.6 Å². The molecule has 7 nitrogen and oxygen atoms in total. The van der Waals surface area contributed by atoms with E-state index in [1.165, 1.54) is 24.4 Å². The second-order valence-electron chi connectivity index (χ2n) is 7.38. The molecule has 1 amide bonds. The molecule has 2 aromatic heterocycles. The highest BCUT2D eigenvalue weighted by molar-refractivity contribution is 6.30. The Morgan fingerprint density at radius 2 is 2.00 bits per heavy atom. The van der Waals surface area contributed by atoms with Crippen molar-refractivity contribution in [3.05, 3.63) is 64.8 Å². The molecule has 162 valence electrons. The summed E-state index contributed by atoms with van der Waals surface area (Å²) in [5.41, 5.74) is 1.72. The number of nitrogens with zero attached hydrogens (tertiary/aromatic N) is 3. The fourth-order valence-corrected chi connectivity index (χ4v) is 3.03. The van der Waals surface area contributed by atoms with Crippen LogP contribution in [-0.2, 0) is 0 Å². The molecule has 0 aliphatic heterocycles. The summed E-state index contributed by atoms with van der Waals surface area (Å²) in [6.07, 6.45) is 3.92. The summed E-state index contributed by atoms with van der Waals surface area (Å²) < 4.78 is 14.4. The monoisotopic (exact) mass is 443 g/mol. The van der Waals surface area contributed by atoms with Gasteiger partial charge < -0.3 is 15.7 Å². The molecule has 0 bridgehead atoms. The minimum atomic E-state index is -0.679. The lowest BCUT2D eigenvalue weighted by Crippen LogP contribution is -2.31. The summed E-state index contributed by atoms with van der Waals surface area (Å²) in [5.74, 6) is -0.209. The Kier molecular flexibility index (Phi) is 7.14. The van der Waals surface area contributed by atoms with Gasteiger partial charge in [0.05, 0.1) is 22.9 Å². The number of anilines is 2. The van der Waals surface area contributed by atoms with Gasteiger partial charge in [0, 0.05) is 35.7 Å². The second kappa shape index (κ2) is 9.80. The number of aromatic nitrogens is 3. The molecule has 9 heteroatoms. The Labute approximate surface area is 184 Å². The van der Waals surface area contributed by atoms with Crippen molar-refractivity contribution in [3.63, 3.8) is 0 Å². The predicted molar refractivity (Wildman–Crippen MR) is 118 cm³/mol. The van der Waals surface area contributed by atoms with E-state index >= 15 is 0 Å². The van der Waals surface area contributed by atoms with Gasteiger partial charge in [0.2, 0.25) is 0 Å². The van der Waals surface area contributed by atoms with Gasteiger partial charge in [-0.15, -0.1) is 0 Å². The zero-order valence-electron chi connectivity index (χ0n) is 17.4. The molecular formula is C22H23ClFN5O2. The maximum Gasteiger partial charge on any atom is 0.255 e. The summed E-state index contributed by atoms with van der Waals surface area (Å²) >= 11 is 6.02. The van der Waals surface area contributed by atoms with E-state index in [0.29, 0.717) is 16.5 Å². The highest BCUT2D eigenvalue weighted by atomic mass is 35.5. The smallest absolute Gasteiger partial charge is 0.255 e. The number of benzene rings is 1. The topological polar surface area (TPSA) is 100 Å². The van der Waals surface area contributed by atoms with E-state index in [0.717, 1.165) is 5.56 Å². The molecule has 31 heavy (non-hydrogen) atoms. The first-order chi connectivity index (χ1) is 14.8. The Morgan fingerprint density at radius 1 is 1.23 bits per heavy atom. The second-order valence-corrected chi connectivity index (χ2v) is 7.82. The first-order valence-electron chi connectivity index (χ1n) is 9.76. The summed E-state index contributed by atoms with van der Waals surface area (Å²) in [7, 11) is 0. The van der Waals surface area contributed by atoms with Crippen LogP contribution in [0, 0.1) is 5.82 Å². The molecule has 0 saturated heterocycles. The van der Waals surface area contributed by atoms with Gasteiger partial charge in [0.25, 0.3) is 5.91 Å². The van der Waals surface area contributed by atoms with Crippen molar-refractivity contribution < 1.29 is 14.3 Å². The van der Waals surface area contributed by atoms with Crippen molar-refractivity contribution in [2.24, 2.45) is 0 Å². The van der Waals surface area contributed by atoms with E-state index in [9.17, 15) is 14.3 Å². The quantitative estimate of drug-likeness (QED) is 0.503. The van der Waals surface area contributed by atoms with Crippen molar-refractivity contribution in [2.45, 2.75) is 32.8 Å². The Morgan fingerprint density at radius 3 is 2.71 bits per heavy atom. The lowest BCUT2D eigenvalue weighted by molar-refractivity contribution is 0.0924. The first-order valence-corrected chi connectivity index (χ1v) is 10.1. The predicted octanol–water partition coefficient (Wildman–Crippen LogP) is 4.31. The number of carbonyl (C=O) groups excluding carboxylic acids is 1. The van der Waals surface area contributed by atoms with Crippen LogP contribution in [0.4, 0.5) is 15.9 Å². The number of pyridine rings is 1. The van der Waals surface area contributed by atoms with Crippen LogP contribution in [0.15, 0.2) is 42.9 Å². The number of rotatable bonds is 7. The minimum absolute atomic E-state index is 0.0649. The number of hydrogen-bond acceptors (Lipinski definition) is 6. The summed E-state index contributed by atoms with van der Waals surface area (Å²) in [5, 5.41) is 15.6. The molecule has 0 fully saturated rings. The SMILES string of the molecule is CC(O)CNC(=O)c1cnccc1Nc1nc(-c2cc(Cl)ccc2F)ncc1C(C)C. The molecule has 0 saturated carbocycles. The normalized spacial score (nSPS) is 12.0. The number of halogens is 2. The molecule has 0 aliphatic carbocycles. The zero-order valence-corrected chi connectivity index (χ0v) is 18.1. The number of nitrogens with one attached hydrogen (secondary N) is 2. The van der Waals surface area contributed by atoms with Crippen LogP contribution in [0.5, 0.6) is 0 Å². The molecule has 3 rings (SSSR count). The maximum atomic E-state index is 14.4. The van der Waals surface area contributed by atoms with E-state index in [1.807, 2.05) is 13.8 Å². The van der Waals surface area contributed by atoms with Crippen LogP contribution in [0.1, 0.15) is 42.6 Å². The number of aliphatic hydroxyl groups excluding tert-OH is 1. The summed E-state index contributed by atoms with van der Waals surface area (Å²) in [6, 6.07) is 5.82. The number of aliphatic hydroxyl groups is 1. The van der Waals surface area contributed by atoms with Gasteiger partial charge in [-0.3, -0.25) is 9.78 Å². The fourth-order valence-electron chi connectivity index (χ4n) is 2.86. The number of carbonyl (C=O) groups is 1. The maximum absolute atomic E-state index is 14.4. The van der Waals surface area contributed by atoms with Crippen molar-refractivity contribution in [1.29, 1.82) is 0 Å². The standard InChI is InChI=1S/C22H23ClFN5O2/c1-12(2)16-11-26-20(15-8-14(23)4-5-18(15)24)29-21(16)28-19-6-7-25-10-17(19)22(31)27-9-13(3)30/h4-8,10-13,30H,9H2,1-3H3,(H,27,31)(H,25,26,28,29). The number of amides is 1. The van der Waals surface area contributed by atoms with E-state index in [1.54, 1.807) is 25.4 Å². The van der Waals surface area contributed by atoms with Gasteiger partial charge in [0.15, 0.2) is 5.82 Å². The molecule has 1 unspecified atom stereocenters. The first kappa shape index (κ1) is 22.6. The lowest BCUT2D eigenvalue weighted by atomic mass is 10.1. The third kappa shape index (κ3) is 5.53. The molecule has 1 aromatic carbocycles. The Bertz CT molecular complexity index is 1090. The van der Waals surface area contributed by atoms with E-state index in [2.05, 4.69) is 25.6 Å². The third-order valence-corrected chi connectivity index (χ3v) is 4.72. The Hall–Kier alpha value is -3.10. The molecule has 3 aromatic rings. The fraction of sp³-hybridized carbons (Fsp3) is 0.273. The van der Waals surface area contributed by atoms with Gasteiger partial charge in [-0.2, -0.15) is 0 Å². The van der Waals surface area contributed by atoms with Gasteiger partial charge in [-0.05, 0) is 37.1 Å². The van der Waals surface area contributed by atoms with E-state index in [-0.39, 0.29) is 29.4 Å². The van der Waals surface area contributed by atoms with Crippen LogP contribution < -0.4 is 10.6 Å². The highest BCUT2D eigenvalue weighted by Gasteiger charge is 2.18. The summed E-state index contributed by atoms with van der Waals surface area (Å²) in [4.78, 5) is 25.4. The number of hydrogen-bond donors (Lipinski definition) is 3. The largest absolute Gasteiger partial charge is 0.392 e. The Balaban J connectivity index is 2.01. The van der Waals surface area contributed by atoms with Gasteiger partial charge in [-0.25, -0.2) is 14.4 Å². The molecule has 0 radical (unpaired) electrons. The van der Waals surface area contributed by atoms with Crippen LogP contribution >= 0.6 is 11.6 Å². The molecule has 1 atom stereocenters. The highest BCUT2D eigenvalue weighted by Crippen LogP contribution is 2.30. The van der Waals surface area contributed by atoms with Crippen LogP contribution in [0.25, 0.3) is 11.4 Å².